The first-order valence-electron chi connectivity index (χ1n) is 7.82. The van der Waals surface area contributed by atoms with Crippen LogP contribution in [0.25, 0.3) is 10.9 Å². The Morgan fingerprint density at radius 2 is 1.78 bits per heavy atom. The highest BCUT2D eigenvalue weighted by molar-refractivity contribution is 9.10. The highest BCUT2D eigenvalue weighted by Gasteiger charge is 2.16. The molecule has 0 aliphatic heterocycles. The van der Waals surface area contributed by atoms with Gasteiger partial charge in [-0.05, 0) is 55.3 Å². The van der Waals surface area contributed by atoms with E-state index in [2.05, 4.69) is 57.6 Å². The molecular formula is C18H22BrN3O. The molecule has 1 atom stereocenters. The Hall–Kier alpha value is -1.59. The summed E-state index contributed by atoms with van der Waals surface area (Å²) in [5.74, 6) is 0. The fourth-order valence-corrected chi connectivity index (χ4v) is 3.44. The maximum atomic E-state index is 10.6. The highest BCUT2D eigenvalue weighted by Crippen LogP contribution is 2.25. The van der Waals surface area contributed by atoms with Crippen molar-refractivity contribution in [2.24, 2.45) is 0 Å². The van der Waals surface area contributed by atoms with E-state index in [9.17, 15) is 5.11 Å². The van der Waals surface area contributed by atoms with Crippen LogP contribution in [0.5, 0.6) is 0 Å². The number of aromatic nitrogens is 3. The van der Waals surface area contributed by atoms with Gasteiger partial charge in [0, 0.05) is 22.3 Å². The summed E-state index contributed by atoms with van der Waals surface area (Å²) < 4.78 is 5.09. The van der Waals surface area contributed by atoms with E-state index in [1.807, 2.05) is 24.6 Å². The standard InChI is InChI=1S/C18H22BrN3O/c1-11-13(3)21(17-8-6-5-7-16(11)17)9-15(23)10-22-14(4)18(19)12(2)20-22/h5-8,15,23H,9-10H2,1-4H3. The first-order valence-corrected chi connectivity index (χ1v) is 8.61. The van der Waals surface area contributed by atoms with E-state index in [1.54, 1.807) is 0 Å². The molecule has 0 saturated heterocycles. The van der Waals surface area contributed by atoms with Gasteiger partial charge < -0.3 is 9.67 Å². The van der Waals surface area contributed by atoms with Crippen LogP contribution in [0.3, 0.4) is 0 Å². The molecule has 122 valence electrons. The first kappa shape index (κ1) is 16.3. The van der Waals surface area contributed by atoms with Crippen LogP contribution in [-0.2, 0) is 13.1 Å². The van der Waals surface area contributed by atoms with Gasteiger partial charge in [-0.1, -0.05) is 18.2 Å². The minimum atomic E-state index is -0.492. The fraction of sp³-hybridized carbons (Fsp3) is 0.389. The van der Waals surface area contributed by atoms with Crippen molar-refractivity contribution in [1.82, 2.24) is 14.3 Å². The molecule has 3 rings (SSSR count). The van der Waals surface area contributed by atoms with Crippen LogP contribution in [0.4, 0.5) is 0 Å². The first-order chi connectivity index (χ1) is 10.9. The van der Waals surface area contributed by atoms with E-state index in [0.29, 0.717) is 13.1 Å². The van der Waals surface area contributed by atoms with Crippen LogP contribution in [0, 0.1) is 27.7 Å². The molecule has 0 spiro atoms. The summed E-state index contributed by atoms with van der Waals surface area (Å²) in [6.07, 6.45) is -0.492. The number of nitrogens with zero attached hydrogens (tertiary/aromatic N) is 3. The molecule has 0 saturated carbocycles. The molecule has 0 aliphatic carbocycles. The SMILES string of the molecule is Cc1nn(CC(O)Cn2c(C)c(C)c3ccccc32)c(C)c1Br. The van der Waals surface area contributed by atoms with E-state index in [-0.39, 0.29) is 0 Å². The molecule has 23 heavy (non-hydrogen) atoms. The van der Waals surface area contributed by atoms with Gasteiger partial charge in [-0.2, -0.15) is 5.10 Å². The van der Waals surface area contributed by atoms with Crippen molar-refractivity contribution in [2.75, 3.05) is 0 Å². The Morgan fingerprint density at radius 1 is 1.09 bits per heavy atom. The Morgan fingerprint density at radius 3 is 2.43 bits per heavy atom. The fourth-order valence-electron chi connectivity index (χ4n) is 3.16. The van der Waals surface area contributed by atoms with Gasteiger partial charge in [0.25, 0.3) is 0 Å². The van der Waals surface area contributed by atoms with Crippen molar-refractivity contribution in [3.05, 3.63) is 51.4 Å². The molecule has 0 amide bonds. The third-order valence-electron chi connectivity index (χ3n) is 4.62. The summed E-state index contributed by atoms with van der Waals surface area (Å²) in [5.41, 5.74) is 5.66. The van der Waals surface area contributed by atoms with Gasteiger partial charge in [0.15, 0.2) is 0 Å². The lowest BCUT2D eigenvalue weighted by Crippen LogP contribution is -2.24. The predicted octanol–water partition coefficient (Wildman–Crippen LogP) is 3.90. The Kier molecular flexibility index (Phi) is 4.34. The number of para-hydroxylation sites is 1. The second-order valence-corrected chi connectivity index (χ2v) is 6.95. The number of aliphatic hydroxyl groups is 1. The molecular weight excluding hydrogens is 354 g/mol. The summed E-state index contributed by atoms with van der Waals surface area (Å²) in [7, 11) is 0. The van der Waals surface area contributed by atoms with Crippen LogP contribution in [0.15, 0.2) is 28.7 Å². The van der Waals surface area contributed by atoms with Gasteiger partial charge in [0.05, 0.1) is 29.4 Å². The third-order valence-corrected chi connectivity index (χ3v) is 5.76. The van der Waals surface area contributed by atoms with E-state index in [4.69, 9.17) is 0 Å². The Balaban J connectivity index is 1.87. The largest absolute Gasteiger partial charge is 0.389 e. The van der Waals surface area contributed by atoms with E-state index < -0.39 is 6.10 Å². The molecule has 5 heteroatoms. The number of aliphatic hydroxyl groups excluding tert-OH is 1. The average molecular weight is 376 g/mol. The molecule has 3 aromatic rings. The average Bonchev–Trinajstić information content (AvgIpc) is 2.91. The molecule has 1 N–H and O–H groups in total. The second-order valence-electron chi connectivity index (χ2n) is 6.16. The van der Waals surface area contributed by atoms with Crippen molar-refractivity contribution < 1.29 is 5.11 Å². The second kappa shape index (κ2) is 6.13. The summed E-state index contributed by atoms with van der Waals surface area (Å²) in [6, 6.07) is 8.35. The van der Waals surface area contributed by atoms with Crippen molar-refractivity contribution in [3.8, 4) is 0 Å². The zero-order valence-electron chi connectivity index (χ0n) is 14.0. The van der Waals surface area contributed by atoms with Crippen molar-refractivity contribution in [2.45, 2.75) is 46.9 Å². The molecule has 0 bridgehead atoms. The smallest absolute Gasteiger partial charge is 0.0914 e. The van der Waals surface area contributed by atoms with Gasteiger partial charge in [-0.3, -0.25) is 4.68 Å². The summed E-state index contributed by atoms with van der Waals surface area (Å²) in [6.45, 7) is 9.28. The van der Waals surface area contributed by atoms with Gasteiger partial charge in [0.1, 0.15) is 0 Å². The molecule has 4 nitrogen and oxygen atoms in total. The number of hydrogen-bond acceptors (Lipinski definition) is 2. The zero-order chi connectivity index (χ0) is 16.7. The quantitative estimate of drug-likeness (QED) is 0.751. The normalized spacial score (nSPS) is 13.0. The molecule has 0 fully saturated rings. The molecule has 2 heterocycles. The van der Waals surface area contributed by atoms with Gasteiger partial charge in [-0.15, -0.1) is 0 Å². The number of aryl methyl sites for hydroxylation is 2. The van der Waals surface area contributed by atoms with Crippen LogP contribution in [0.1, 0.15) is 22.6 Å². The lowest BCUT2D eigenvalue weighted by atomic mass is 10.2. The number of fused-ring (bicyclic) bond motifs is 1. The van der Waals surface area contributed by atoms with Gasteiger partial charge in [-0.25, -0.2) is 0 Å². The highest BCUT2D eigenvalue weighted by atomic mass is 79.9. The number of halogens is 1. The molecule has 0 radical (unpaired) electrons. The Labute approximate surface area is 144 Å². The molecule has 1 unspecified atom stereocenters. The number of rotatable bonds is 4. The van der Waals surface area contributed by atoms with E-state index >= 15 is 0 Å². The third kappa shape index (κ3) is 2.83. The van der Waals surface area contributed by atoms with Gasteiger partial charge in [0.2, 0.25) is 0 Å². The summed E-state index contributed by atoms with van der Waals surface area (Å²) in [5, 5.41) is 16.3. The minimum Gasteiger partial charge on any atom is -0.389 e. The van der Waals surface area contributed by atoms with Crippen molar-refractivity contribution in [1.29, 1.82) is 0 Å². The van der Waals surface area contributed by atoms with Crippen molar-refractivity contribution in [3.63, 3.8) is 0 Å². The summed E-state index contributed by atoms with van der Waals surface area (Å²) in [4.78, 5) is 0. The van der Waals surface area contributed by atoms with Gasteiger partial charge >= 0.3 is 0 Å². The lowest BCUT2D eigenvalue weighted by Gasteiger charge is -2.15. The van der Waals surface area contributed by atoms with Crippen LogP contribution in [0.2, 0.25) is 0 Å². The number of hydrogen-bond donors (Lipinski definition) is 1. The topological polar surface area (TPSA) is 43.0 Å². The maximum absolute atomic E-state index is 10.6. The Bertz CT molecular complexity index is 863. The van der Waals surface area contributed by atoms with E-state index in [1.165, 1.54) is 22.2 Å². The predicted molar refractivity (Wildman–Crippen MR) is 96.8 cm³/mol. The maximum Gasteiger partial charge on any atom is 0.0914 e. The zero-order valence-corrected chi connectivity index (χ0v) is 15.6. The molecule has 0 aliphatic rings. The van der Waals surface area contributed by atoms with Crippen LogP contribution < -0.4 is 0 Å². The molecule has 1 aromatic carbocycles. The summed E-state index contributed by atoms with van der Waals surface area (Å²) >= 11 is 3.53. The van der Waals surface area contributed by atoms with Crippen molar-refractivity contribution >= 4 is 26.8 Å². The number of benzene rings is 1. The monoisotopic (exact) mass is 375 g/mol. The van der Waals surface area contributed by atoms with Crippen LogP contribution in [-0.4, -0.2) is 25.6 Å². The minimum absolute atomic E-state index is 0.489. The lowest BCUT2D eigenvalue weighted by molar-refractivity contribution is 0.130. The molecule has 2 aromatic heterocycles. The van der Waals surface area contributed by atoms with Crippen LogP contribution >= 0.6 is 15.9 Å². The van der Waals surface area contributed by atoms with E-state index in [0.717, 1.165) is 15.9 Å².